The molecule has 180 valence electrons. The lowest BCUT2D eigenvalue weighted by atomic mass is 10.1. The van der Waals surface area contributed by atoms with Gasteiger partial charge < -0.3 is 30.3 Å². The van der Waals surface area contributed by atoms with Crippen molar-refractivity contribution in [1.82, 2.24) is 9.88 Å². The molecule has 1 saturated heterocycles. The number of fused-ring (bicyclic) bond motifs is 1. The molecule has 9 heteroatoms. The van der Waals surface area contributed by atoms with Gasteiger partial charge in [-0.25, -0.2) is 4.39 Å². The maximum atomic E-state index is 14.6. The first-order chi connectivity index (χ1) is 16.4. The number of carbonyl (C=O) groups is 1. The number of hydrogen-bond acceptors (Lipinski definition) is 7. The van der Waals surface area contributed by atoms with E-state index in [0.717, 1.165) is 37.4 Å². The summed E-state index contributed by atoms with van der Waals surface area (Å²) in [6.45, 7) is 6.18. The molecular formula is C25H30FN5O3. The number of benzene rings is 2. The predicted molar refractivity (Wildman–Crippen MR) is 132 cm³/mol. The summed E-state index contributed by atoms with van der Waals surface area (Å²) in [5, 5.41) is 3.77. The normalized spacial score (nSPS) is 14.4. The van der Waals surface area contributed by atoms with Crippen LogP contribution in [0.4, 0.5) is 21.5 Å². The lowest BCUT2D eigenvalue weighted by molar-refractivity contribution is 0.100. The molecule has 2 heterocycles. The molecule has 0 saturated carbocycles. The number of likely N-dealkylation sites (N-methyl/N-ethyl adjacent to an activating group) is 1. The Morgan fingerprint density at radius 2 is 1.94 bits per heavy atom. The second-order valence-electron chi connectivity index (χ2n) is 8.49. The van der Waals surface area contributed by atoms with Gasteiger partial charge >= 0.3 is 0 Å². The molecule has 1 aliphatic heterocycles. The monoisotopic (exact) mass is 467 g/mol. The lowest BCUT2D eigenvalue weighted by Crippen LogP contribution is -2.44. The lowest BCUT2D eigenvalue weighted by Gasteiger charge is -2.35. The van der Waals surface area contributed by atoms with E-state index in [0.29, 0.717) is 35.6 Å². The van der Waals surface area contributed by atoms with Crippen molar-refractivity contribution in [3.8, 4) is 5.75 Å². The van der Waals surface area contributed by atoms with Crippen LogP contribution >= 0.6 is 0 Å². The first kappa shape index (κ1) is 23.7. The maximum Gasteiger partial charge on any atom is 0.252 e. The van der Waals surface area contributed by atoms with Gasteiger partial charge in [-0.15, -0.1) is 0 Å². The van der Waals surface area contributed by atoms with Crippen molar-refractivity contribution in [2.75, 3.05) is 63.8 Å². The number of rotatable bonds is 8. The summed E-state index contributed by atoms with van der Waals surface area (Å²) in [4.78, 5) is 21.2. The second kappa shape index (κ2) is 10.2. The fourth-order valence-electron chi connectivity index (χ4n) is 4.04. The Balaban J connectivity index is 1.86. The number of nitrogens with two attached hydrogens (primary N) is 1. The highest BCUT2D eigenvalue weighted by atomic mass is 19.1. The van der Waals surface area contributed by atoms with E-state index in [1.54, 1.807) is 19.2 Å². The SMILES string of the molecule is COCCOc1cc2ncc(C(N)=O)c(Nc3cc(C)ccc3F)c2cc1N1CCN(C)CC1. The Bertz CT molecular complexity index is 1190. The highest BCUT2D eigenvalue weighted by Crippen LogP contribution is 2.38. The Morgan fingerprint density at radius 3 is 2.65 bits per heavy atom. The molecule has 8 nitrogen and oxygen atoms in total. The summed E-state index contributed by atoms with van der Waals surface area (Å²) in [6, 6.07) is 8.56. The van der Waals surface area contributed by atoms with Crippen LogP contribution in [0.5, 0.6) is 5.75 Å². The summed E-state index contributed by atoms with van der Waals surface area (Å²) in [5.41, 5.74) is 8.90. The number of ether oxygens (including phenoxy) is 2. The third-order valence-electron chi connectivity index (χ3n) is 5.98. The molecule has 1 fully saturated rings. The van der Waals surface area contributed by atoms with Gasteiger partial charge in [-0.3, -0.25) is 9.78 Å². The largest absolute Gasteiger partial charge is 0.489 e. The van der Waals surface area contributed by atoms with Crippen molar-refractivity contribution in [1.29, 1.82) is 0 Å². The molecule has 2 aromatic carbocycles. The Labute approximate surface area is 198 Å². The number of pyridine rings is 1. The van der Waals surface area contributed by atoms with Crippen LogP contribution in [0.25, 0.3) is 10.9 Å². The first-order valence-corrected chi connectivity index (χ1v) is 11.2. The van der Waals surface area contributed by atoms with E-state index < -0.39 is 11.7 Å². The van der Waals surface area contributed by atoms with Crippen LogP contribution < -0.4 is 20.7 Å². The number of halogens is 1. The molecule has 3 N–H and O–H groups in total. The number of methoxy groups -OCH3 is 1. The van der Waals surface area contributed by atoms with E-state index in [-0.39, 0.29) is 11.3 Å². The smallest absolute Gasteiger partial charge is 0.252 e. The van der Waals surface area contributed by atoms with E-state index in [1.165, 1.54) is 12.3 Å². The Kier molecular flexibility index (Phi) is 7.14. The molecule has 1 aromatic heterocycles. The van der Waals surface area contributed by atoms with E-state index >= 15 is 0 Å². The number of hydrogen-bond donors (Lipinski definition) is 2. The van der Waals surface area contributed by atoms with Crippen molar-refractivity contribution < 1.29 is 18.7 Å². The van der Waals surface area contributed by atoms with Gasteiger partial charge in [-0.05, 0) is 37.7 Å². The molecule has 4 rings (SSSR count). The minimum absolute atomic E-state index is 0.186. The number of amides is 1. The average molecular weight is 468 g/mol. The van der Waals surface area contributed by atoms with Gasteiger partial charge in [0.15, 0.2) is 0 Å². The topological polar surface area (TPSA) is 92.9 Å². The number of nitrogens with one attached hydrogen (secondary N) is 1. The molecule has 1 aliphatic rings. The third-order valence-corrected chi connectivity index (χ3v) is 5.98. The summed E-state index contributed by atoms with van der Waals surface area (Å²) in [5.74, 6) is -0.391. The van der Waals surface area contributed by atoms with Gasteiger partial charge in [0, 0.05) is 50.9 Å². The van der Waals surface area contributed by atoms with Crippen molar-refractivity contribution in [2.45, 2.75) is 6.92 Å². The summed E-state index contributed by atoms with van der Waals surface area (Å²) < 4.78 is 25.8. The molecule has 0 unspecified atom stereocenters. The van der Waals surface area contributed by atoms with Crippen LogP contribution in [-0.4, -0.2) is 69.3 Å². The number of aromatic nitrogens is 1. The number of carbonyl (C=O) groups excluding carboxylic acids is 1. The van der Waals surface area contributed by atoms with Crippen LogP contribution in [0, 0.1) is 12.7 Å². The highest BCUT2D eigenvalue weighted by Gasteiger charge is 2.22. The van der Waals surface area contributed by atoms with Crippen molar-refractivity contribution >= 4 is 33.9 Å². The average Bonchev–Trinajstić information content (AvgIpc) is 2.81. The van der Waals surface area contributed by atoms with Crippen molar-refractivity contribution in [3.05, 3.63) is 53.5 Å². The van der Waals surface area contributed by atoms with E-state index in [4.69, 9.17) is 15.2 Å². The number of piperazine rings is 1. The van der Waals surface area contributed by atoms with Gasteiger partial charge in [0.1, 0.15) is 18.2 Å². The molecule has 0 aliphatic carbocycles. The number of nitrogens with zero attached hydrogens (tertiary/aromatic N) is 3. The van der Waals surface area contributed by atoms with Gasteiger partial charge in [0.25, 0.3) is 5.91 Å². The van der Waals surface area contributed by atoms with Crippen molar-refractivity contribution in [2.24, 2.45) is 5.73 Å². The van der Waals surface area contributed by atoms with E-state index in [1.807, 2.05) is 19.1 Å². The first-order valence-electron chi connectivity index (χ1n) is 11.2. The Hall–Kier alpha value is -3.43. The fourth-order valence-corrected chi connectivity index (χ4v) is 4.04. The number of primary amides is 1. The van der Waals surface area contributed by atoms with E-state index in [9.17, 15) is 9.18 Å². The fraction of sp³-hybridized carbons (Fsp3) is 0.360. The van der Waals surface area contributed by atoms with Crippen LogP contribution in [0.1, 0.15) is 15.9 Å². The molecule has 3 aromatic rings. The van der Waals surface area contributed by atoms with Crippen LogP contribution in [0.15, 0.2) is 36.5 Å². The quantitative estimate of drug-likeness (QED) is 0.491. The molecular weight excluding hydrogens is 437 g/mol. The summed E-state index contributed by atoms with van der Waals surface area (Å²) in [7, 11) is 3.72. The molecule has 0 spiro atoms. The zero-order valence-electron chi connectivity index (χ0n) is 19.7. The van der Waals surface area contributed by atoms with Crippen LogP contribution in [0.2, 0.25) is 0 Å². The predicted octanol–water partition coefficient (Wildman–Crippen LogP) is 3.30. The minimum atomic E-state index is -0.647. The second-order valence-corrected chi connectivity index (χ2v) is 8.49. The van der Waals surface area contributed by atoms with Gasteiger partial charge in [-0.2, -0.15) is 0 Å². The highest BCUT2D eigenvalue weighted by molar-refractivity contribution is 6.08. The summed E-state index contributed by atoms with van der Waals surface area (Å²) in [6.07, 6.45) is 1.41. The van der Waals surface area contributed by atoms with Gasteiger partial charge in [0.05, 0.1) is 34.7 Å². The molecule has 0 atom stereocenters. The third kappa shape index (κ3) is 5.05. The van der Waals surface area contributed by atoms with Gasteiger partial charge in [-0.1, -0.05) is 6.07 Å². The maximum absolute atomic E-state index is 14.6. The number of anilines is 3. The molecule has 0 bridgehead atoms. The summed E-state index contributed by atoms with van der Waals surface area (Å²) >= 11 is 0. The zero-order chi connectivity index (χ0) is 24.2. The van der Waals surface area contributed by atoms with Crippen LogP contribution in [0.3, 0.4) is 0 Å². The van der Waals surface area contributed by atoms with Crippen molar-refractivity contribution in [3.63, 3.8) is 0 Å². The molecule has 34 heavy (non-hydrogen) atoms. The minimum Gasteiger partial charge on any atom is -0.489 e. The Morgan fingerprint density at radius 1 is 1.18 bits per heavy atom. The van der Waals surface area contributed by atoms with Gasteiger partial charge in [0.2, 0.25) is 0 Å². The zero-order valence-corrected chi connectivity index (χ0v) is 19.7. The van der Waals surface area contributed by atoms with E-state index in [2.05, 4.69) is 27.1 Å². The molecule has 0 radical (unpaired) electrons. The van der Waals surface area contributed by atoms with Crippen LogP contribution in [-0.2, 0) is 4.74 Å². The molecule has 1 amide bonds. The standard InChI is InChI=1S/C25H30FN5O3/c1-16-4-5-19(26)21(12-16)29-24-17-13-22(31-8-6-30(2)7-9-31)23(34-11-10-33-3)14-20(17)28-15-18(24)25(27)32/h4-5,12-15H,6-11H2,1-3H3,(H2,27,32)(H,28,29). The number of aryl methyl sites for hydroxylation is 1.